The molecule has 140 valence electrons. The van der Waals surface area contributed by atoms with E-state index in [0.717, 1.165) is 21.7 Å². The number of nitrogens with zero attached hydrogens (tertiary/aromatic N) is 2. The lowest BCUT2D eigenvalue weighted by Crippen LogP contribution is -2.21. The van der Waals surface area contributed by atoms with Crippen molar-refractivity contribution in [1.82, 2.24) is 9.78 Å². The molecule has 4 rings (SSSR count). The number of anilines is 1. The highest BCUT2D eigenvalue weighted by Crippen LogP contribution is 2.27. The topological polar surface area (TPSA) is 77.1 Å². The van der Waals surface area contributed by atoms with Crippen LogP contribution in [0.3, 0.4) is 0 Å². The number of nitrogens with one attached hydrogen (secondary N) is 1. The lowest BCUT2D eigenvalue weighted by atomic mass is 10.0. The van der Waals surface area contributed by atoms with Crippen molar-refractivity contribution >= 4 is 22.9 Å². The minimum Gasteiger partial charge on any atom is -0.387 e. The van der Waals surface area contributed by atoms with E-state index in [2.05, 4.69) is 10.4 Å². The lowest BCUT2D eigenvalue weighted by Gasteiger charge is -2.11. The van der Waals surface area contributed by atoms with Crippen LogP contribution in [0, 0.1) is 0 Å². The minimum atomic E-state index is -0.569. The zero-order valence-electron chi connectivity index (χ0n) is 14.9. The van der Waals surface area contributed by atoms with Crippen LogP contribution in [0.15, 0.2) is 81.3 Å². The molecule has 7 heteroatoms. The summed E-state index contributed by atoms with van der Waals surface area (Å²) in [6.45, 7) is 0.146. The van der Waals surface area contributed by atoms with Crippen molar-refractivity contribution in [3.8, 4) is 21.9 Å². The first-order chi connectivity index (χ1) is 13.7. The molecule has 0 radical (unpaired) electrons. The van der Waals surface area contributed by atoms with Gasteiger partial charge in [-0.3, -0.25) is 4.79 Å². The van der Waals surface area contributed by atoms with E-state index in [0.29, 0.717) is 0 Å². The van der Waals surface area contributed by atoms with Gasteiger partial charge in [-0.1, -0.05) is 54.6 Å². The molecule has 0 fully saturated rings. The van der Waals surface area contributed by atoms with Crippen molar-refractivity contribution < 1.29 is 9.21 Å². The van der Waals surface area contributed by atoms with Crippen LogP contribution >= 0.6 is 11.3 Å². The molecular weight excluding hydrogens is 374 g/mol. The van der Waals surface area contributed by atoms with Gasteiger partial charge < -0.3 is 9.73 Å². The third-order valence-corrected chi connectivity index (χ3v) is 5.03. The first-order valence-corrected chi connectivity index (χ1v) is 9.65. The minimum absolute atomic E-state index is 0.111. The van der Waals surface area contributed by atoms with Crippen molar-refractivity contribution in [2.75, 3.05) is 5.32 Å². The van der Waals surface area contributed by atoms with Crippen LogP contribution in [0.5, 0.6) is 0 Å². The Kier molecular flexibility index (Phi) is 5.16. The predicted molar refractivity (Wildman–Crippen MR) is 109 cm³/mol. The van der Waals surface area contributed by atoms with Gasteiger partial charge in [-0.2, -0.15) is 4.68 Å². The van der Waals surface area contributed by atoms with E-state index >= 15 is 0 Å². The molecule has 1 amide bonds. The van der Waals surface area contributed by atoms with Crippen molar-refractivity contribution in [2.45, 2.75) is 13.0 Å². The first kappa shape index (κ1) is 17.9. The van der Waals surface area contributed by atoms with Gasteiger partial charge in [0.1, 0.15) is 0 Å². The maximum Gasteiger partial charge on any atom is 0.437 e. The van der Waals surface area contributed by atoms with Crippen LogP contribution in [0.4, 0.5) is 5.69 Å². The summed E-state index contributed by atoms with van der Waals surface area (Å²) in [7, 11) is 0. The standard InChI is InChI=1S/C21H17N3O3S/c25-19(12-13-24-21(26)27-20(23-24)18-11-6-14-28-18)22-17-10-5-4-9-16(17)15-7-2-1-3-8-15/h1-11,14H,12-13H2,(H,22,25). The number of thiophene rings is 1. The summed E-state index contributed by atoms with van der Waals surface area (Å²) in [6, 6.07) is 21.1. The monoisotopic (exact) mass is 391 g/mol. The van der Waals surface area contributed by atoms with Gasteiger partial charge in [-0.25, -0.2) is 4.79 Å². The quantitative estimate of drug-likeness (QED) is 0.533. The fourth-order valence-electron chi connectivity index (χ4n) is 2.83. The largest absolute Gasteiger partial charge is 0.437 e. The van der Waals surface area contributed by atoms with Crippen molar-refractivity contribution in [1.29, 1.82) is 0 Å². The molecule has 6 nitrogen and oxygen atoms in total. The molecule has 0 saturated heterocycles. The van der Waals surface area contributed by atoms with Crippen LogP contribution in [0.2, 0.25) is 0 Å². The second-order valence-corrected chi connectivity index (χ2v) is 7.03. The van der Waals surface area contributed by atoms with E-state index in [1.807, 2.05) is 72.1 Å². The van der Waals surface area contributed by atoms with E-state index in [1.165, 1.54) is 16.0 Å². The number of carbonyl (C=O) groups is 1. The van der Waals surface area contributed by atoms with Gasteiger partial charge in [-0.05, 0) is 23.1 Å². The molecule has 0 aliphatic heterocycles. The Labute approximate surface area is 165 Å². The number of para-hydroxylation sites is 1. The summed E-state index contributed by atoms with van der Waals surface area (Å²) in [6.07, 6.45) is 0.111. The Bertz CT molecular complexity index is 1130. The highest BCUT2D eigenvalue weighted by atomic mass is 32.1. The van der Waals surface area contributed by atoms with E-state index in [1.54, 1.807) is 0 Å². The maximum atomic E-state index is 12.4. The highest BCUT2D eigenvalue weighted by Gasteiger charge is 2.13. The van der Waals surface area contributed by atoms with Crippen LogP contribution in [-0.4, -0.2) is 15.7 Å². The molecule has 1 N–H and O–H groups in total. The van der Waals surface area contributed by atoms with Crippen LogP contribution in [0.25, 0.3) is 21.9 Å². The summed E-state index contributed by atoms with van der Waals surface area (Å²) in [5.74, 6) is -0.494. The fraction of sp³-hybridized carbons (Fsp3) is 0.0952. The highest BCUT2D eigenvalue weighted by molar-refractivity contribution is 7.13. The number of hydrogen-bond donors (Lipinski definition) is 1. The van der Waals surface area contributed by atoms with Gasteiger partial charge in [0.05, 0.1) is 11.4 Å². The molecule has 2 aromatic carbocycles. The Morgan fingerprint density at radius 3 is 2.61 bits per heavy atom. The molecule has 0 atom stereocenters. The van der Waals surface area contributed by atoms with E-state index in [-0.39, 0.29) is 24.8 Å². The second-order valence-electron chi connectivity index (χ2n) is 6.08. The first-order valence-electron chi connectivity index (χ1n) is 8.77. The number of amides is 1. The molecule has 0 saturated carbocycles. The molecule has 4 aromatic rings. The van der Waals surface area contributed by atoms with Crippen LogP contribution in [-0.2, 0) is 11.3 Å². The number of aromatic nitrogens is 2. The normalized spacial score (nSPS) is 10.7. The predicted octanol–water partition coefficient (Wildman–Crippen LogP) is 4.26. The van der Waals surface area contributed by atoms with Gasteiger partial charge >= 0.3 is 5.76 Å². The number of benzene rings is 2. The SMILES string of the molecule is O=C(CCn1nc(-c2cccs2)oc1=O)Nc1ccccc1-c1ccccc1. The van der Waals surface area contributed by atoms with Gasteiger partial charge in [0.15, 0.2) is 0 Å². The zero-order chi connectivity index (χ0) is 19.3. The van der Waals surface area contributed by atoms with E-state index in [4.69, 9.17) is 4.42 Å². The maximum absolute atomic E-state index is 12.4. The van der Waals surface area contributed by atoms with E-state index in [9.17, 15) is 9.59 Å². The Hall–Kier alpha value is -3.45. The fourth-order valence-corrected chi connectivity index (χ4v) is 3.47. The van der Waals surface area contributed by atoms with Crippen LogP contribution in [0.1, 0.15) is 6.42 Å². The smallest absolute Gasteiger partial charge is 0.387 e. The van der Waals surface area contributed by atoms with Crippen molar-refractivity contribution in [2.24, 2.45) is 0 Å². The number of carbonyl (C=O) groups excluding carboxylic acids is 1. The van der Waals surface area contributed by atoms with Gasteiger partial charge in [0, 0.05) is 17.7 Å². The zero-order valence-corrected chi connectivity index (χ0v) is 15.7. The average Bonchev–Trinajstić information content (AvgIpc) is 3.37. The Morgan fingerprint density at radius 1 is 1.04 bits per heavy atom. The van der Waals surface area contributed by atoms with E-state index < -0.39 is 5.76 Å². The third kappa shape index (κ3) is 3.94. The molecule has 0 unspecified atom stereocenters. The van der Waals surface area contributed by atoms with Gasteiger partial charge in [-0.15, -0.1) is 16.4 Å². The van der Waals surface area contributed by atoms with Crippen LogP contribution < -0.4 is 11.1 Å². The molecule has 2 heterocycles. The third-order valence-electron chi connectivity index (χ3n) is 4.17. The summed E-state index contributed by atoms with van der Waals surface area (Å²) in [5, 5.41) is 8.97. The van der Waals surface area contributed by atoms with Crippen molar-refractivity contribution in [3.63, 3.8) is 0 Å². The Balaban J connectivity index is 1.44. The van der Waals surface area contributed by atoms with Crippen molar-refractivity contribution in [3.05, 3.63) is 82.7 Å². The molecule has 0 aliphatic carbocycles. The van der Waals surface area contributed by atoms with Gasteiger partial charge in [0.25, 0.3) is 5.89 Å². The molecule has 2 aromatic heterocycles. The molecule has 28 heavy (non-hydrogen) atoms. The molecule has 0 spiro atoms. The molecular formula is C21H17N3O3S. The summed E-state index contributed by atoms with van der Waals surface area (Å²) >= 11 is 1.44. The lowest BCUT2D eigenvalue weighted by molar-refractivity contribution is -0.116. The molecule has 0 bridgehead atoms. The molecule has 0 aliphatic rings. The number of rotatable bonds is 6. The van der Waals surface area contributed by atoms with Gasteiger partial charge in [0.2, 0.25) is 5.91 Å². The summed E-state index contributed by atoms with van der Waals surface area (Å²) < 4.78 is 6.34. The number of hydrogen-bond acceptors (Lipinski definition) is 5. The summed E-state index contributed by atoms with van der Waals surface area (Å²) in [5.41, 5.74) is 2.69. The average molecular weight is 391 g/mol. The summed E-state index contributed by atoms with van der Waals surface area (Å²) in [4.78, 5) is 25.2. The second kappa shape index (κ2) is 8.06. The Morgan fingerprint density at radius 2 is 1.82 bits per heavy atom. The number of aryl methyl sites for hydroxylation is 1.